The summed E-state index contributed by atoms with van der Waals surface area (Å²) in [5.41, 5.74) is 9.77. The second-order valence-electron chi connectivity index (χ2n) is 10.2. The van der Waals surface area contributed by atoms with Crippen molar-refractivity contribution in [2.75, 3.05) is 24.6 Å². The highest BCUT2D eigenvalue weighted by molar-refractivity contribution is 5.90. The van der Waals surface area contributed by atoms with Crippen LogP contribution < -0.4 is 20.9 Å². The molecule has 0 bridgehead atoms. The molecule has 0 atom stereocenters. The van der Waals surface area contributed by atoms with Crippen molar-refractivity contribution in [3.63, 3.8) is 0 Å². The molecular weight excluding hydrogens is 575 g/mol. The van der Waals surface area contributed by atoms with Crippen LogP contribution in [0, 0.1) is 28.5 Å². The van der Waals surface area contributed by atoms with E-state index in [-0.39, 0.29) is 41.7 Å². The zero-order valence-electron chi connectivity index (χ0n) is 23.6. The van der Waals surface area contributed by atoms with Crippen molar-refractivity contribution in [2.24, 2.45) is 5.73 Å². The molecule has 1 aromatic heterocycles. The average Bonchev–Trinajstić information content (AvgIpc) is 3.00. The second kappa shape index (κ2) is 15.7. The first kappa shape index (κ1) is 33.1. The number of nitrogens with two attached hydrogens (primary N) is 1. The van der Waals surface area contributed by atoms with E-state index < -0.39 is 11.7 Å². The number of aromatic hydroxyl groups is 1. The van der Waals surface area contributed by atoms with E-state index in [1.165, 1.54) is 18.2 Å². The molecule has 0 radical (unpaired) electrons. The minimum absolute atomic E-state index is 0. The van der Waals surface area contributed by atoms with E-state index in [0.29, 0.717) is 66.4 Å². The normalized spacial score (nSPS) is 13.0. The van der Waals surface area contributed by atoms with Gasteiger partial charge in [0.2, 0.25) is 5.91 Å². The Morgan fingerprint density at radius 2 is 1.81 bits per heavy atom. The third-order valence-electron chi connectivity index (χ3n) is 7.34. The van der Waals surface area contributed by atoms with Gasteiger partial charge in [-0.25, -0.2) is 14.9 Å². The number of phenols is 1. The summed E-state index contributed by atoms with van der Waals surface area (Å²) in [7, 11) is 0. The number of aromatic nitrogens is 1. The molecule has 2 aromatic carbocycles. The van der Waals surface area contributed by atoms with Crippen molar-refractivity contribution < 1.29 is 24.2 Å². The maximum atomic E-state index is 14.8. The smallest absolute Gasteiger partial charge is 0.243 e. The van der Waals surface area contributed by atoms with Gasteiger partial charge in [-0.3, -0.25) is 10.0 Å². The van der Waals surface area contributed by atoms with Gasteiger partial charge in [-0.05, 0) is 61.1 Å². The Balaban J connectivity index is 0.00000506. The van der Waals surface area contributed by atoms with Crippen molar-refractivity contribution >= 4 is 24.1 Å². The van der Waals surface area contributed by atoms with E-state index >= 15 is 0 Å². The molecule has 1 aliphatic rings. The zero-order chi connectivity index (χ0) is 30.1. The van der Waals surface area contributed by atoms with E-state index in [0.717, 1.165) is 25.7 Å². The summed E-state index contributed by atoms with van der Waals surface area (Å²) in [5.74, 6) is -0.438. The van der Waals surface area contributed by atoms with Gasteiger partial charge in [0, 0.05) is 42.9 Å². The van der Waals surface area contributed by atoms with E-state index in [2.05, 4.69) is 11.1 Å². The number of piperidine rings is 1. The number of rotatable bonds is 11. The van der Waals surface area contributed by atoms with Gasteiger partial charge >= 0.3 is 0 Å². The average molecular weight is 609 g/mol. The minimum atomic E-state index is -0.699. The lowest BCUT2D eigenvalue weighted by molar-refractivity contribution is -0.129. The predicted octanol–water partition coefficient (Wildman–Crippen LogP) is 5.19. The highest BCUT2D eigenvalue weighted by Crippen LogP contribution is 2.41. The summed E-state index contributed by atoms with van der Waals surface area (Å²) >= 11 is 0. The van der Waals surface area contributed by atoms with E-state index in [4.69, 9.17) is 15.7 Å². The maximum Gasteiger partial charge on any atom is 0.243 e. The van der Waals surface area contributed by atoms with Gasteiger partial charge < -0.3 is 20.5 Å². The number of phenolic OH excluding ortho intramolecular Hbond substituents is 1. The first-order valence-electron chi connectivity index (χ1n) is 13.9. The van der Waals surface area contributed by atoms with Crippen LogP contribution in [0.1, 0.15) is 56.1 Å². The Hall–Kier alpha value is -4.42. The number of hydrogen-bond acceptors (Lipinski definition) is 9. The third kappa shape index (κ3) is 8.11. The lowest BCUT2D eigenvalue weighted by atomic mass is 9.91. The van der Waals surface area contributed by atoms with Crippen LogP contribution in [0.15, 0.2) is 42.6 Å². The van der Waals surface area contributed by atoms with Gasteiger partial charge in [-0.2, -0.15) is 10.5 Å². The van der Waals surface area contributed by atoms with Gasteiger partial charge in [0.05, 0.1) is 12.2 Å². The Kier molecular flexibility index (Phi) is 12.1. The van der Waals surface area contributed by atoms with Crippen LogP contribution in [0.3, 0.4) is 0 Å². The number of carbonyl (C=O) groups excluding carboxylic acids is 1. The fourth-order valence-electron chi connectivity index (χ4n) is 5.02. The molecule has 0 unspecified atom stereocenters. The lowest BCUT2D eigenvalue weighted by Gasteiger charge is -2.32. The van der Waals surface area contributed by atoms with Gasteiger partial charge in [0.1, 0.15) is 29.3 Å². The van der Waals surface area contributed by atoms with Crippen molar-refractivity contribution in [3.8, 4) is 45.9 Å². The molecule has 1 aliphatic heterocycles. The molecule has 43 heavy (non-hydrogen) atoms. The highest BCUT2D eigenvalue weighted by Gasteiger charge is 2.25. The summed E-state index contributed by atoms with van der Waals surface area (Å²) in [4.78, 5) is 17.7. The number of anilines is 1. The van der Waals surface area contributed by atoms with Crippen LogP contribution in [0.2, 0.25) is 0 Å². The largest absolute Gasteiger partial charge is 0.504 e. The molecule has 0 aliphatic carbocycles. The van der Waals surface area contributed by atoms with Gasteiger partial charge in [0.25, 0.3) is 0 Å². The molecule has 1 amide bonds. The number of ether oxygens (including phenoxy) is 1. The number of nitrogens with one attached hydrogen (secondary N) is 1. The second-order valence-corrected chi connectivity index (χ2v) is 10.2. The van der Waals surface area contributed by atoms with Crippen molar-refractivity contribution in [1.29, 1.82) is 10.5 Å². The number of carbonyl (C=O) groups is 1. The first-order chi connectivity index (χ1) is 20.4. The topological polar surface area (TPSA) is 169 Å². The molecule has 1 saturated heterocycles. The number of pyridine rings is 1. The number of hydrogen-bond donors (Lipinski definition) is 4. The predicted molar refractivity (Wildman–Crippen MR) is 161 cm³/mol. The molecule has 4 rings (SSSR count). The van der Waals surface area contributed by atoms with Crippen molar-refractivity contribution in [1.82, 2.24) is 10.5 Å². The summed E-state index contributed by atoms with van der Waals surface area (Å²) in [5, 5.41) is 38.8. The van der Waals surface area contributed by atoms with Gasteiger partial charge in [-0.1, -0.05) is 25.0 Å². The summed E-state index contributed by atoms with van der Waals surface area (Å²) < 4.78 is 20.5. The fourth-order valence-corrected chi connectivity index (χ4v) is 5.02. The monoisotopic (exact) mass is 608 g/mol. The number of halogens is 2. The molecule has 0 saturated carbocycles. The summed E-state index contributed by atoms with van der Waals surface area (Å²) in [6.45, 7) is 1.63. The van der Waals surface area contributed by atoms with E-state index in [1.54, 1.807) is 29.9 Å². The Morgan fingerprint density at radius 1 is 1.09 bits per heavy atom. The van der Waals surface area contributed by atoms with Crippen molar-refractivity contribution in [2.45, 2.75) is 51.0 Å². The molecule has 2 heterocycles. The molecule has 5 N–H and O–H groups in total. The number of nitriles is 2. The van der Waals surface area contributed by atoms with Crippen LogP contribution in [-0.2, 0) is 4.79 Å². The van der Waals surface area contributed by atoms with Gasteiger partial charge in [-0.15, -0.1) is 12.4 Å². The minimum Gasteiger partial charge on any atom is -0.504 e. The molecule has 1 fully saturated rings. The zero-order valence-corrected chi connectivity index (χ0v) is 24.4. The number of amides is 1. The van der Waals surface area contributed by atoms with Crippen molar-refractivity contribution in [3.05, 3.63) is 59.5 Å². The SMILES string of the molecule is Cl.N#Cc1ccc(-c2c(-c3ccc(OCCCCCCC(=O)NO)c(O)c3)cnc(N3CCC(N)CC3)c2C#N)cc1F. The quantitative estimate of drug-likeness (QED) is 0.130. The van der Waals surface area contributed by atoms with Crippen LogP contribution in [0.25, 0.3) is 22.3 Å². The lowest BCUT2D eigenvalue weighted by Crippen LogP contribution is -2.40. The molecule has 0 spiro atoms. The number of nitrogens with zero attached hydrogens (tertiary/aromatic N) is 4. The number of hydroxylamine groups is 1. The Bertz CT molecular complexity index is 1520. The summed E-state index contributed by atoms with van der Waals surface area (Å²) in [6.07, 6.45) is 6.37. The third-order valence-corrected chi connectivity index (χ3v) is 7.34. The van der Waals surface area contributed by atoms with E-state index in [1.807, 2.05) is 11.0 Å². The Labute approximate surface area is 255 Å². The van der Waals surface area contributed by atoms with Crippen LogP contribution in [-0.4, -0.2) is 46.9 Å². The fraction of sp³-hybridized carbons (Fsp3) is 0.355. The van der Waals surface area contributed by atoms with E-state index in [9.17, 15) is 24.8 Å². The van der Waals surface area contributed by atoms with Crippen LogP contribution in [0.5, 0.6) is 11.5 Å². The Morgan fingerprint density at radius 3 is 2.47 bits per heavy atom. The molecular formula is C31H34ClFN6O4. The van der Waals surface area contributed by atoms with Crippen LogP contribution in [0.4, 0.5) is 10.2 Å². The summed E-state index contributed by atoms with van der Waals surface area (Å²) in [6, 6.07) is 13.3. The molecule has 10 nitrogen and oxygen atoms in total. The molecule has 226 valence electrons. The number of unbranched alkanes of at least 4 members (excludes halogenated alkanes) is 3. The maximum absolute atomic E-state index is 14.8. The van der Waals surface area contributed by atoms with Crippen LogP contribution >= 0.6 is 12.4 Å². The molecule has 12 heteroatoms. The standard InChI is InChI=1S/C31H33FN6O4.ClH/c32-26-15-21(6-7-22(26)17-33)30-24(18-34)31(38-12-10-23(35)11-13-38)36-19-25(30)20-8-9-28(27(39)16-20)42-14-4-2-1-3-5-29(40)37-41;/h6-9,15-16,19,23,39,41H,1-5,10-14,35H2,(H,37,40);1H. The molecule has 3 aromatic rings. The first-order valence-corrected chi connectivity index (χ1v) is 13.9. The highest BCUT2D eigenvalue weighted by atomic mass is 35.5. The number of benzene rings is 2. The van der Waals surface area contributed by atoms with Gasteiger partial charge in [0.15, 0.2) is 11.5 Å².